The first-order valence-electron chi connectivity index (χ1n) is 15.9. The highest BCUT2D eigenvalue weighted by Crippen LogP contribution is 2.70. The van der Waals surface area contributed by atoms with E-state index in [4.69, 9.17) is 4.42 Å². The van der Waals surface area contributed by atoms with Crippen LogP contribution in [0.1, 0.15) is 96.0 Å². The van der Waals surface area contributed by atoms with Gasteiger partial charge in [0.1, 0.15) is 0 Å². The van der Waals surface area contributed by atoms with Gasteiger partial charge in [0.2, 0.25) is 0 Å². The molecule has 6 rings (SSSR count). The van der Waals surface area contributed by atoms with Crippen molar-refractivity contribution >= 4 is 6.03 Å². The fraction of sp³-hybridized carbons (Fsp3) is 0.812. The summed E-state index contributed by atoms with van der Waals surface area (Å²) in [6.45, 7) is 6.94. The zero-order valence-electron chi connectivity index (χ0n) is 24.4. The van der Waals surface area contributed by atoms with Gasteiger partial charge in [0.05, 0.1) is 18.5 Å². The van der Waals surface area contributed by atoms with E-state index >= 15 is 0 Å². The van der Waals surface area contributed by atoms with Crippen LogP contribution in [0, 0.1) is 28.6 Å². The third-order valence-corrected chi connectivity index (χ3v) is 12.6. The second kappa shape index (κ2) is 10.7. The van der Waals surface area contributed by atoms with Gasteiger partial charge in [0.15, 0.2) is 0 Å². The van der Waals surface area contributed by atoms with Crippen LogP contribution in [0.3, 0.4) is 0 Å². The minimum Gasteiger partial charge on any atom is -0.431 e. The molecule has 4 N–H and O–H groups in total. The molecule has 8 nitrogen and oxygen atoms in total. The van der Waals surface area contributed by atoms with Crippen LogP contribution < -0.4 is 16.3 Å². The molecule has 8 heteroatoms. The standard InChI is InChI=1S/C32H49N3O5/c1-30-12-9-24(35(16-17-36)29(38)34-23-4-3-15-33-19-23)18-22(30)6-7-27-26(30)10-13-31(2)25(11-14-32(27,31)39)21-5-8-28(37)40-20-21/h5,8,20,22-27,33,36,39H,3-4,6-7,9-19H2,1-2H3,(H,34,38)/t22-,23+,24+,25-,26+,27-,30+,31-,32+/m1/s1. The lowest BCUT2D eigenvalue weighted by molar-refractivity contribution is -0.203. The van der Waals surface area contributed by atoms with E-state index in [2.05, 4.69) is 24.5 Å². The Morgan fingerprint density at radius 2 is 1.95 bits per heavy atom. The summed E-state index contributed by atoms with van der Waals surface area (Å²) < 4.78 is 5.24. The zero-order valence-corrected chi connectivity index (χ0v) is 24.4. The third kappa shape index (κ3) is 4.53. The number of rotatable bonds is 5. The molecule has 2 heterocycles. The second-order valence-corrected chi connectivity index (χ2v) is 14.2. The van der Waals surface area contributed by atoms with E-state index in [1.165, 1.54) is 6.07 Å². The Hall–Kier alpha value is -1.90. The summed E-state index contributed by atoms with van der Waals surface area (Å²) in [5.74, 6) is 1.48. The first-order chi connectivity index (χ1) is 19.2. The minimum absolute atomic E-state index is 0.0168. The largest absolute Gasteiger partial charge is 0.431 e. The number of aliphatic hydroxyl groups is 2. The number of fused-ring (bicyclic) bond motifs is 5. The topological polar surface area (TPSA) is 115 Å². The molecule has 0 unspecified atom stereocenters. The van der Waals surface area contributed by atoms with Crippen molar-refractivity contribution in [2.24, 2.45) is 28.6 Å². The average molecular weight is 556 g/mol. The van der Waals surface area contributed by atoms with Gasteiger partial charge in [0.25, 0.3) is 0 Å². The lowest BCUT2D eigenvalue weighted by atomic mass is 9.43. The van der Waals surface area contributed by atoms with E-state index < -0.39 is 5.60 Å². The van der Waals surface area contributed by atoms with Crippen LogP contribution in [-0.2, 0) is 0 Å². The number of urea groups is 1. The lowest BCUT2D eigenvalue weighted by Gasteiger charge is -2.64. The maximum atomic E-state index is 13.4. The molecule has 0 bridgehead atoms. The summed E-state index contributed by atoms with van der Waals surface area (Å²) in [6, 6.07) is 3.70. The number of carbonyl (C=O) groups is 1. The van der Waals surface area contributed by atoms with Crippen molar-refractivity contribution in [2.75, 3.05) is 26.2 Å². The maximum absolute atomic E-state index is 13.4. The second-order valence-electron chi connectivity index (χ2n) is 14.2. The van der Waals surface area contributed by atoms with Crippen LogP contribution >= 0.6 is 0 Å². The molecular formula is C32H49N3O5. The molecule has 5 aliphatic rings. The number of hydrogen-bond donors (Lipinski definition) is 4. The first-order valence-corrected chi connectivity index (χ1v) is 15.9. The van der Waals surface area contributed by atoms with Gasteiger partial charge in [-0.15, -0.1) is 0 Å². The highest BCUT2D eigenvalue weighted by atomic mass is 16.4. The number of hydrogen-bond acceptors (Lipinski definition) is 6. The highest BCUT2D eigenvalue weighted by molar-refractivity contribution is 5.75. The average Bonchev–Trinajstić information content (AvgIpc) is 3.23. The van der Waals surface area contributed by atoms with E-state index in [1.54, 1.807) is 6.26 Å². The summed E-state index contributed by atoms with van der Waals surface area (Å²) in [5, 5.41) is 29.0. The normalized spacial score (nSPS) is 42.8. The van der Waals surface area contributed by atoms with Gasteiger partial charge in [-0.3, -0.25) is 0 Å². The van der Waals surface area contributed by atoms with Crippen molar-refractivity contribution in [3.05, 3.63) is 34.4 Å². The Morgan fingerprint density at radius 3 is 2.67 bits per heavy atom. The molecule has 5 fully saturated rings. The number of aliphatic hydroxyl groups excluding tert-OH is 1. The summed E-state index contributed by atoms with van der Waals surface area (Å²) in [5.41, 5.74) is -0.0588. The van der Waals surface area contributed by atoms with Crippen LogP contribution in [-0.4, -0.2) is 65.1 Å². The smallest absolute Gasteiger partial charge is 0.335 e. The van der Waals surface area contributed by atoms with Crippen LogP contribution in [0.2, 0.25) is 0 Å². The van der Waals surface area contributed by atoms with Crippen molar-refractivity contribution in [3.8, 4) is 0 Å². The van der Waals surface area contributed by atoms with Crippen molar-refractivity contribution < 1.29 is 19.4 Å². The third-order valence-electron chi connectivity index (χ3n) is 12.6. The summed E-state index contributed by atoms with van der Waals surface area (Å²) in [4.78, 5) is 26.9. The Morgan fingerprint density at radius 1 is 1.10 bits per heavy atom. The van der Waals surface area contributed by atoms with Crippen molar-refractivity contribution in [2.45, 2.75) is 108 Å². The molecule has 4 saturated carbocycles. The predicted molar refractivity (Wildman–Crippen MR) is 153 cm³/mol. The number of amides is 2. The highest BCUT2D eigenvalue weighted by Gasteiger charge is 2.67. The predicted octanol–water partition coefficient (Wildman–Crippen LogP) is 4.01. The summed E-state index contributed by atoms with van der Waals surface area (Å²) in [6.07, 6.45) is 12.6. The van der Waals surface area contributed by atoms with E-state index in [0.29, 0.717) is 18.4 Å². The van der Waals surface area contributed by atoms with Gasteiger partial charge < -0.3 is 30.2 Å². The Bertz CT molecular complexity index is 1120. The van der Waals surface area contributed by atoms with Crippen molar-refractivity contribution in [3.63, 3.8) is 0 Å². The number of piperidine rings is 1. The molecule has 222 valence electrons. The molecule has 1 saturated heterocycles. The van der Waals surface area contributed by atoms with Crippen LogP contribution in [0.25, 0.3) is 0 Å². The quantitative estimate of drug-likeness (QED) is 0.437. The van der Waals surface area contributed by atoms with E-state index in [1.807, 2.05) is 11.0 Å². The number of nitrogens with zero attached hydrogens (tertiary/aromatic N) is 1. The van der Waals surface area contributed by atoms with Gasteiger partial charge in [-0.25, -0.2) is 9.59 Å². The van der Waals surface area contributed by atoms with E-state index in [-0.39, 0.29) is 53.0 Å². The van der Waals surface area contributed by atoms with Gasteiger partial charge in [-0.2, -0.15) is 0 Å². The molecule has 0 radical (unpaired) electrons. The van der Waals surface area contributed by atoms with Gasteiger partial charge in [-0.1, -0.05) is 13.8 Å². The molecule has 4 aliphatic carbocycles. The number of nitrogens with one attached hydrogen (secondary N) is 2. The summed E-state index contributed by atoms with van der Waals surface area (Å²) >= 11 is 0. The lowest BCUT2D eigenvalue weighted by Crippen LogP contribution is -2.63. The molecule has 2 amide bonds. The molecule has 1 aliphatic heterocycles. The SMILES string of the molecule is C[C@]12CC[C@H](N(CCO)C(=O)N[C@H]3CCCNC3)C[C@H]1CC[C@@H]1[C@@H]2CC[C@]2(C)[C@@H](c3ccc(=O)oc3)CC[C@]12O. The maximum Gasteiger partial charge on any atom is 0.335 e. The number of carbonyl (C=O) groups excluding carboxylic acids is 1. The van der Waals surface area contributed by atoms with Crippen LogP contribution in [0.5, 0.6) is 0 Å². The van der Waals surface area contributed by atoms with E-state index in [0.717, 1.165) is 89.3 Å². The minimum atomic E-state index is -0.710. The monoisotopic (exact) mass is 555 g/mol. The molecule has 9 atom stereocenters. The van der Waals surface area contributed by atoms with Gasteiger partial charge >= 0.3 is 11.7 Å². The Labute approximate surface area is 238 Å². The fourth-order valence-electron chi connectivity index (χ4n) is 10.4. The summed E-state index contributed by atoms with van der Waals surface area (Å²) in [7, 11) is 0. The molecule has 0 aromatic carbocycles. The zero-order chi connectivity index (χ0) is 28.1. The Kier molecular flexibility index (Phi) is 7.58. The van der Waals surface area contributed by atoms with Crippen molar-refractivity contribution in [1.29, 1.82) is 0 Å². The molecule has 40 heavy (non-hydrogen) atoms. The Balaban J connectivity index is 1.17. The van der Waals surface area contributed by atoms with E-state index in [9.17, 15) is 19.8 Å². The van der Waals surface area contributed by atoms with Crippen LogP contribution in [0.4, 0.5) is 4.79 Å². The molecule has 0 spiro atoms. The van der Waals surface area contributed by atoms with Gasteiger partial charge in [-0.05, 0) is 118 Å². The van der Waals surface area contributed by atoms with Crippen molar-refractivity contribution in [1.82, 2.24) is 15.5 Å². The molecular weight excluding hydrogens is 506 g/mol. The first kappa shape index (κ1) is 28.2. The van der Waals surface area contributed by atoms with Crippen LogP contribution in [0.15, 0.2) is 27.6 Å². The molecule has 1 aromatic heterocycles. The fourth-order valence-corrected chi connectivity index (χ4v) is 10.4. The molecule has 1 aromatic rings. The van der Waals surface area contributed by atoms with Gasteiger partial charge in [0, 0.05) is 36.7 Å².